The third-order valence-electron chi connectivity index (χ3n) is 25.0. The lowest BCUT2D eigenvalue weighted by molar-refractivity contribution is -0.0392. The van der Waals surface area contributed by atoms with Gasteiger partial charge in [0.15, 0.2) is 0 Å². The summed E-state index contributed by atoms with van der Waals surface area (Å²) < 4.78 is 0. The van der Waals surface area contributed by atoms with Crippen LogP contribution in [0.4, 0.5) is 0 Å². The molecule has 3 aliphatic rings. The molecule has 3 saturated heterocycles. The standard InChI is InChI=1S/C90H165N3O6/c1-16-19-22-25-28-31-34-37-40-43-46-49-52-55-58-61-64-91-85(4,5)67-73(68-86(91,6)7)76-79(82(94)95)77(74-69-87(8,9)92(88(10,11)70-74)65-62-59-56-53-50-47-44-41-38-35-32-29-26-23-20-17-2)81(84(98)99)78(80(76)83(96)97)75-71-89(12,13)93(90(14,15)72-75)66-63-60-57-54-51-48-45-42-39-36-33-30-27-24-21-18-3/h73-75H,16-72H2,1-15H3,(H,94,95)(H,96,97)(H,98,99). The number of nitrogens with zero attached hydrogens (tertiary/aromatic N) is 3. The van der Waals surface area contributed by atoms with Gasteiger partial charge in [-0.3, -0.25) is 14.7 Å². The Kier molecular flexibility index (Phi) is 41.7. The average molecular weight is 1390 g/mol. The molecule has 99 heavy (non-hydrogen) atoms. The van der Waals surface area contributed by atoms with E-state index < -0.39 is 35.7 Å². The summed E-state index contributed by atoms with van der Waals surface area (Å²) in [5, 5.41) is 36.3. The summed E-state index contributed by atoms with van der Waals surface area (Å²) in [6.45, 7) is 37.2. The highest BCUT2D eigenvalue weighted by molar-refractivity contribution is 6.06. The molecule has 0 atom stereocenters. The Hall–Kier alpha value is -2.49. The van der Waals surface area contributed by atoms with E-state index in [-0.39, 0.29) is 49.9 Å². The minimum atomic E-state index is -1.19. The van der Waals surface area contributed by atoms with Crippen LogP contribution in [-0.2, 0) is 0 Å². The van der Waals surface area contributed by atoms with Crippen LogP contribution in [0.2, 0.25) is 0 Å². The van der Waals surface area contributed by atoms with Crippen LogP contribution in [0.25, 0.3) is 0 Å². The van der Waals surface area contributed by atoms with E-state index in [9.17, 15) is 29.7 Å². The van der Waals surface area contributed by atoms with Crippen LogP contribution in [0.15, 0.2) is 0 Å². The zero-order valence-electron chi connectivity index (χ0n) is 68.4. The molecule has 0 bridgehead atoms. The van der Waals surface area contributed by atoms with Gasteiger partial charge in [0.25, 0.3) is 0 Å². The van der Waals surface area contributed by atoms with Gasteiger partial charge in [-0.1, -0.05) is 310 Å². The fraction of sp³-hybridized carbons (Fsp3) is 0.900. The average Bonchev–Trinajstić information content (AvgIpc) is 0.709. The van der Waals surface area contributed by atoms with Crippen molar-refractivity contribution in [2.75, 3.05) is 19.6 Å². The first-order chi connectivity index (χ1) is 47.1. The molecule has 9 heteroatoms. The topological polar surface area (TPSA) is 122 Å². The number of piperidine rings is 3. The van der Waals surface area contributed by atoms with E-state index in [1.807, 2.05) is 0 Å². The predicted octanol–water partition coefficient (Wildman–Crippen LogP) is 27.8. The molecule has 1 aromatic carbocycles. The van der Waals surface area contributed by atoms with E-state index in [4.69, 9.17) is 0 Å². The van der Waals surface area contributed by atoms with Crippen LogP contribution < -0.4 is 0 Å². The van der Waals surface area contributed by atoms with Crippen LogP contribution in [0.3, 0.4) is 0 Å². The number of hydrogen-bond acceptors (Lipinski definition) is 6. The molecule has 0 radical (unpaired) electrons. The van der Waals surface area contributed by atoms with E-state index in [2.05, 4.69) is 119 Å². The molecule has 576 valence electrons. The van der Waals surface area contributed by atoms with Crippen molar-refractivity contribution in [3.8, 4) is 0 Å². The molecule has 0 aliphatic carbocycles. The zero-order valence-corrected chi connectivity index (χ0v) is 68.4. The summed E-state index contributed by atoms with van der Waals surface area (Å²) >= 11 is 0. The largest absolute Gasteiger partial charge is 0.478 e. The summed E-state index contributed by atoms with van der Waals surface area (Å²) in [6, 6.07) is 0. The number of hydrogen-bond donors (Lipinski definition) is 3. The number of likely N-dealkylation sites (tertiary alicyclic amines) is 3. The second-order valence-corrected chi connectivity index (χ2v) is 36.8. The maximum atomic E-state index is 14.8. The monoisotopic (exact) mass is 1380 g/mol. The van der Waals surface area contributed by atoms with Crippen molar-refractivity contribution >= 4 is 17.9 Å². The Balaban J connectivity index is 1.59. The molecule has 3 heterocycles. The van der Waals surface area contributed by atoms with Gasteiger partial charge in [-0.25, -0.2) is 14.4 Å². The third-order valence-corrected chi connectivity index (χ3v) is 25.0. The number of carboxylic acids is 3. The molecule has 1 aromatic rings. The number of rotatable bonds is 57. The van der Waals surface area contributed by atoms with Crippen LogP contribution in [0.1, 0.15) is 516 Å². The molecule has 3 aliphatic heterocycles. The van der Waals surface area contributed by atoms with E-state index in [1.54, 1.807) is 0 Å². The maximum absolute atomic E-state index is 14.8. The molecular weight excluding hydrogens is 1220 g/mol. The van der Waals surface area contributed by atoms with Gasteiger partial charge < -0.3 is 15.3 Å². The number of benzene rings is 1. The summed E-state index contributed by atoms with van der Waals surface area (Å²) in [5.74, 6) is -4.82. The zero-order chi connectivity index (χ0) is 73.0. The van der Waals surface area contributed by atoms with Crippen molar-refractivity contribution in [2.45, 2.75) is 502 Å². The molecule has 0 spiro atoms. The lowest BCUT2D eigenvalue weighted by Gasteiger charge is -2.57. The minimum absolute atomic E-state index is 0.0290. The Morgan fingerprint density at radius 2 is 0.364 bits per heavy atom. The second kappa shape index (κ2) is 46.5. The fourth-order valence-electron chi connectivity index (χ4n) is 20.6. The Morgan fingerprint density at radius 1 is 0.242 bits per heavy atom. The first-order valence-corrected chi connectivity index (χ1v) is 43.4. The van der Waals surface area contributed by atoms with Crippen LogP contribution in [0, 0.1) is 0 Å². The molecular formula is C90H165N3O6. The Bertz CT molecular complexity index is 2050. The third kappa shape index (κ3) is 30.5. The summed E-state index contributed by atoms with van der Waals surface area (Å²) in [4.78, 5) is 52.4. The molecule has 0 amide bonds. The molecule has 3 fully saturated rings. The second-order valence-electron chi connectivity index (χ2n) is 36.8. The van der Waals surface area contributed by atoms with Crippen molar-refractivity contribution in [1.29, 1.82) is 0 Å². The van der Waals surface area contributed by atoms with Crippen molar-refractivity contribution in [3.63, 3.8) is 0 Å². The predicted molar refractivity (Wildman–Crippen MR) is 426 cm³/mol. The van der Waals surface area contributed by atoms with Gasteiger partial charge in [-0.2, -0.15) is 0 Å². The summed E-state index contributed by atoms with van der Waals surface area (Å²) in [5.41, 5.74) is -1.22. The van der Waals surface area contributed by atoms with E-state index in [0.29, 0.717) is 55.2 Å². The van der Waals surface area contributed by atoms with Gasteiger partial charge in [-0.05, 0) is 195 Å². The molecule has 0 aromatic heterocycles. The van der Waals surface area contributed by atoms with Gasteiger partial charge >= 0.3 is 17.9 Å². The molecule has 3 N–H and O–H groups in total. The normalized spacial score (nSPS) is 18.9. The van der Waals surface area contributed by atoms with Crippen molar-refractivity contribution in [3.05, 3.63) is 33.4 Å². The van der Waals surface area contributed by atoms with Gasteiger partial charge in [0, 0.05) is 33.2 Å². The minimum Gasteiger partial charge on any atom is -0.478 e. The van der Waals surface area contributed by atoms with Gasteiger partial charge in [-0.15, -0.1) is 0 Å². The highest BCUT2D eigenvalue weighted by atomic mass is 16.4. The summed E-state index contributed by atoms with van der Waals surface area (Å²) in [7, 11) is 0. The maximum Gasteiger partial charge on any atom is 0.336 e. The lowest BCUT2D eigenvalue weighted by Crippen LogP contribution is -2.61. The Labute approximate surface area is 613 Å². The molecule has 0 unspecified atom stereocenters. The molecule has 0 saturated carbocycles. The first kappa shape index (κ1) is 88.9. The highest BCUT2D eigenvalue weighted by Crippen LogP contribution is 2.56. The van der Waals surface area contributed by atoms with Crippen LogP contribution in [-0.4, -0.2) is 101 Å². The van der Waals surface area contributed by atoms with Gasteiger partial charge in [0.2, 0.25) is 0 Å². The van der Waals surface area contributed by atoms with E-state index in [1.165, 1.54) is 289 Å². The van der Waals surface area contributed by atoms with E-state index >= 15 is 0 Å². The number of carbonyl (C=O) groups is 3. The number of carboxylic acid groups (broad SMARTS) is 3. The summed E-state index contributed by atoms with van der Waals surface area (Å²) in [6.07, 6.45) is 67.2. The quantitative estimate of drug-likeness (QED) is 0.0548. The highest BCUT2D eigenvalue weighted by Gasteiger charge is 2.54. The lowest BCUT2D eigenvalue weighted by atomic mass is 9.62. The van der Waals surface area contributed by atoms with Crippen molar-refractivity contribution < 1.29 is 29.7 Å². The van der Waals surface area contributed by atoms with Crippen molar-refractivity contribution in [2.24, 2.45) is 0 Å². The van der Waals surface area contributed by atoms with Crippen LogP contribution >= 0.6 is 0 Å². The number of unbranched alkanes of at least 4 members (excludes halogenated alkanes) is 45. The SMILES string of the molecule is CCCCCCCCCCCCCCCCCCN1C(C)(C)CC(c2c(C(=O)O)c(C3CC(C)(C)N(CCCCCCCCCCCCCCCCCC)C(C)(C)C3)c(C(=O)O)c(C3CC(C)(C)N(CCCCCCCCCCCCCCCCCC)C(C)(C)C3)c2C(=O)O)CC1(C)C. The smallest absolute Gasteiger partial charge is 0.336 e. The molecule has 9 nitrogen and oxygen atoms in total. The van der Waals surface area contributed by atoms with Gasteiger partial charge in [0.05, 0.1) is 16.7 Å². The number of aromatic carboxylic acids is 3. The first-order valence-electron chi connectivity index (χ1n) is 43.4. The van der Waals surface area contributed by atoms with Crippen LogP contribution in [0.5, 0.6) is 0 Å². The Morgan fingerprint density at radius 3 is 0.485 bits per heavy atom. The van der Waals surface area contributed by atoms with Crippen molar-refractivity contribution in [1.82, 2.24) is 14.7 Å². The molecule has 4 rings (SSSR count). The van der Waals surface area contributed by atoms with Gasteiger partial charge in [0.1, 0.15) is 0 Å². The van der Waals surface area contributed by atoms with E-state index in [0.717, 1.165) is 38.9 Å². The fourth-order valence-corrected chi connectivity index (χ4v) is 20.6.